The summed E-state index contributed by atoms with van der Waals surface area (Å²) in [5.74, 6) is 1.67. The Bertz CT molecular complexity index is 669. The molecule has 2 aliphatic carbocycles. The van der Waals surface area contributed by atoms with E-state index in [4.69, 9.17) is 4.74 Å². The molecule has 5 nitrogen and oxygen atoms in total. The molecule has 5 heteroatoms. The van der Waals surface area contributed by atoms with Crippen molar-refractivity contribution in [3.63, 3.8) is 0 Å². The highest BCUT2D eigenvalue weighted by Gasteiger charge is 2.42. The van der Waals surface area contributed by atoms with Crippen LogP contribution in [0.5, 0.6) is 0 Å². The molecule has 2 N–H and O–H groups in total. The lowest BCUT2D eigenvalue weighted by Gasteiger charge is -2.20. The molecule has 2 saturated carbocycles. The van der Waals surface area contributed by atoms with Crippen molar-refractivity contribution in [3.8, 4) is 0 Å². The van der Waals surface area contributed by atoms with Gasteiger partial charge < -0.3 is 15.4 Å². The van der Waals surface area contributed by atoms with Crippen LogP contribution in [0.2, 0.25) is 0 Å². The Morgan fingerprint density at radius 3 is 2.77 bits per heavy atom. The van der Waals surface area contributed by atoms with Crippen LogP contribution < -0.4 is 10.6 Å². The highest BCUT2D eigenvalue weighted by molar-refractivity contribution is 5.94. The van der Waals surface area contributed by atoms with Crippen molar-refractivity contribution < 1.29 is 14.3 Å². The summed E-state index contributed by atoms with van der Waals surface area (Å²) in [5.41, 5.74) is 1.60. The Hall–Kier alpha value is -1.88. The van der Waals surface area contributed by atoms with Gasteiger partial charge in [-0.15, -0.1) is 0 Å². The first-order chi connectivity index (χ1) is 12.7. The smallest absolute Gasteiger partial charge is 0.251 e. The normalized spacial score (nSPS) is 29.7. The summed E-state index contributed by atoms with van der Waals surface area (Å²) in [4.78, 5) is 24.8. The fourth-order valence-corrected chi connectivity index (χ4v) is 4.82. The second kappa shape index (κ2) is 7.78. The van der Waals surface area contributed by atoms with Gasteiger partial charge in [0.1, 0.15) is 0 Å². The zero-order chi connectivity index (χ0) is 17.9. The molecule has 4 rings (SSSR count). The first-order valence-corrected chi connectivity index (χ1v) is 9.95. The summed E-state index contributed by atoms with van der Waals surface area (Å²) >= 11 is 0. The minimum atomic E-state index is -0.0817. The van der Waals surface area contributed by atoms with Crippen LogP contribution in [0.15, 0.2) is 24.3 Å². The number of nitrogens with one attached hydrogen (secondary N) is 2. The standard InChI is InChI=1S/C21H28N2O3/c24-20(23-13-18-5-2-8-26-18)17-4-1-3-15(10-17)12-22-21(25)19-11-14-6-7-16(19)9-14/h1,3-4,10,14,16,18-19H,2,5-9,11-13H2,(H,22,25)(H,23,24)/t14-,16-,18+,19-/m0/s1. The summed E-state index contributed by atoms with van der Waals surface area (Å²) in [5, 5.41) is 6.02. The monoisotopic (exact) mass is 356 g/mol. The molecule has 26 heavy (non-hydrogen) atoms. The third-order valence-corrected chi connectivity index (χ3v) is 6.25. The number of rotatable bonds is 6. The molecule has 4 atom stereocenters. The highest BCUT2D eigenvalue weighted by atomic mass is 16.5. The van der Waals surface area contributed by atoms with Gasteiger partial charge in [-0.05, 0) is 61.6 Å². The number of hydrogen-bond acceptors (Lipinski definition) is 3. The molecule has 1 heterocycles. The highest BCUT2D eigenvalue weighted by Crippen LogP contribution is 2.48. The van der Waals surface area contributed by atoms with Crippen LogP contribution in [-0.4, -0.2) is 31.1 Å². The predicted molar refractivity (Wildman–Crippen MR) is 98.5 cm³/mol. The first kappa shape index (κ1) is 17.5. The molecule has 2 amide bonds. The average molecular weight is 356 g/mol. The van der Waals surface area contributed by atoms with Crippen molar-refractivity contribution in [2.45, 2.75) is 51.2 Å². The van der Waals surface area contributed by atoms with Gasteiger partial charge in [0, 0.05) is 31.2 Å². The number of carbonyl (C=O) groups excluding carboxylic acids is 2. The second-order valence-electron chi connectivity index (χ2n) is 8.04. The van der Waals surface area contributed by atoms with Gasteiger partial charge in [-0.2, -0.15) is 0 Å². The van der Waals surface area contributed by atoms with E-state index in [-0.39, 0.29) is 23.8 Å². The number of fused-ring (bicyclic) bond motifs is 2. The molecule has 3 aliphatic rings. The molecule has 0 aromatic heterocycles. The molecular formula is C21H28N2O3. The van der Waals surface area contributed by atoms with E-state index in [0.29, 0.717) is 24.6 Å². The van der Waals surface area contributed by atoms with E-state index in [1.165, 1.54) is 19.3 Å². The maximum absolute atomic E-state index is 12.5. The molecule has 1 aliphatic heterocycles. The van der Waals surface area contributed by atoms with Crippen LogP contribution in [0.25, 0.3) is 0 Å². The van der Waals surface area contributed by atoms with E-state index in [9.17, 15) is 9.59 Å². The van der Waals surface area contributed by atoms with Crippen LogP contribution in [0.4, 0.5) is 0 Å². The van der Waals surface area contributed by atoms with Crippen molar-refractivity contribution in [1.82, 2.24) is 10.6 Å². The van der Waals surface area contributed by atoms with Crippen LogP contribution in [0, 0.1) is 17.8 Å². The molecule has 0 spiro atoms. The van der Waals surface area contributed by atoms with E-state index in [1.807, 2.05) is 24.3 Å². The SMILES string of the molecule is O=C(NC[C@H]1CCCO1)c1cccc(CNC(=O)[C@H]2C[C@H]3CC[C@H]2C3)c1. The lowest BCUT2D eigenvalue weighted by Crippen LogP contribution is -2.33. The number of benzene rings is 1. The maximum atomic E-state index is 12.5. The van der Waals surface area contributed by atoms with Gasteiger partial charge in [0.2, 0.25) is 5.91 Å². The van der Waals surface area contributed by atoms with Crippen molar-refractivity contribution in [3.05, 3.63) is 35.4 Å². The summed E-state index contributed by atoms with van der Waals surface area (Å²) in [6.07, 6.45) is 7.03. The Kier molecular flexibility index (Phi) is 5.25. The molecule has 140 valence electrons. The summed E-state index contributed by atoms with van der Waals surface area (Å²) in [7, 11) is 0. The van der Waals surface area contributed by atoms with E-state index in [2.05, 4.69) is 10.6 Å². The molecule has 0 unspecified atom stereocenters. The second-order valence-corrected chi connectivity index (χ2v) is 8.04. The molecule has 2 bridgehead atoms. The van der Waals surface area contributed by atoms with Gasteiger partial charge in [-0.25, -0.2) is 0 Å². The third-order valence-electron chi connectivity index (χ3n) is 6.25. The Morgan fingerprint density at radius 1 is 1.12 bits per heavy atom. The molecule has 1 aromatic rings. The fraction of sp³-hybridized carbons (Fsp3) is 0.619. The molecular weight excluding hydrogens is 328 g/mol. The maximum Gasteiger partial charge on any atom is 0.251 e. The van der Waals surface area contributed by atoms with Crippen LogP contribution in [0.1, 0.15) is 54.4 Å². The largest absolute Gasteiger partial charge is 0.376 e. The van der Waals surface area contributed by atoms with Gasteiger partial charge in [0.25, 0.3) is 5.91 Å². The number of amides is 2. The molecule has 3 fully saturated rings. The third kappa shape index (κ3) is 3.93. The fourth-order valence-electron chi connectivity index (χ4n) is 4.82. The van der Waals surface area contributed by atoms with E-state index >= 15 is 0 Å². The minimum absolute atomic E-state index is 0.0817. The minimum Gasteiger partial charge on any atom is -0.376 e. The van der Waals surface area contributed by atoms with Crippen LogP contribution in [0.3, 0.4) is 0 Å². The van der Waals surface area contributed by atoms with E-state index < -0.39 is 0 Å². The van der Waals surface area contributed by atoms with Crippen molar-refractivity contribution in [2.24, 2.45) is 17.8 Å². The summed E-state index contributed by atoms with van der Waals surface area (Å²) in [6.45, 7) is 1.84. The van der Waals surface area contributed by atoms with Crippen molar-refractivity contribution >= 4 is 11.8 Å². The number of carbonyl (C=O) groups is 2. The van der Waals surface area contributed by atoms with E-state index in [0.717, 1.165) is 37.4 Å². The van der Waals surface area contributed by atoms with Gasteiger partial charge >= 0.3 is 0 Å². The summed E-state index contributed by atoms with van der Waals surface area (Å²) < 4.78 is 5.54. The Morgan fingerprint density at radius 2 is 2.04 bits per heavy atom. The van der Waals surface area contributed by atoms with Gasteiger partial charge in [0.05, 0.1) is 6.10 Å². The Balaban J connectivity index is 1.28. The zero-order valence-electron chi connectivity index (χ0n) is 15.2. The zero-order valence-corrected chi connectivity index (χ0v) is 15.2. The van der Waals surface area contributed by atoms with Crippen LogP contribution in [-0.2, 0) is 16.1 Å². The molecule has 1 aromatic carbocycles. The van der Waals surface area contributed by atoms with Gasteiger partial charge in [0.15, 0.2) is 0 Å². The van der Waals surface area contributed by atoms with Gasteiger partial charge in [-0.3, -0.25) is 9.59 Å². The Labute approximate surface area is 154 Å². The number of ether oxygens (including phenoxy) is 1. The quantitative estimate of drug-likeness (QED) is 0.823. The first-order valence-electron chi connectivity index (χ1n) is 9.95. The summed E-state index contributed by atoms with van der Waals surface area (Å²) in [6, 6.07) is 7.51. The molecule has 1 saturated heterocycles. The average Bonchev–Trinajstić information content (AvgIpc) is 3.42. The van der Waals surface area contributed by atoms with Crippen molar-refractivity contribution in [2.75, 3.05) is 13.2 Å². The lowest BCUT2D eigenvalue weighted by molar-refractivity contribution is -0.126. The molecule has 0 radical (unpaired) electrons. The lowest BCUT2D eigenvalue weighted by atomic mass is 9.88. The van der Waals surface area contributed by atoms with Crippen molar-refractivity contribution in [1.29, 1.82) is 0 Å². The van der Waals surface area contributed by atoms with E-state index in [1.54, 1.807) is 0 Å². The topological polar surface area (TPSA) is 67.4 Å². The van der Waals surface area contributed by atoms with Gasteiger partial charge in [-0.1, -0.05) is 18.6 Å². The van der Waals surface area contributed by atoms with Crippen LogP contribution >= 0.6 is 0 Å². The number of hydrogen-bond donors (Lipinski definition) is 2. The predicted octanol–water partition coefficient (Wildman–Crippen LogP) is 2.65.